The number of fused-ring (bicyclic) bond motifs is 1. The van der Waals surface area contributed by atoms with Crippen LogP contribution in [-0.4, -0.2) is 94.9 Å². The quantitative estimate of drug-likeness (QED) is 0.285. The third kappa shape index (κ3) is 13.5. The lowest BCUT2D eigenvalue weighted by Crippen LogP contribution is -2.27. The maximum Gasteiger partial charge on any atom is 0.277 e. The first-order chi connectivity index (χ1) is 18.0. The SMILES string of the molecule is COC(=S)N/N=C(C)/C(C)=N/NC(=S)Nc1ccc2c(c1)OCCOCCOCCOCCOCCO2. The van der Waals surface area contributed by atoms with E-state index in [0.29, 0.717) is 94.7 Å². The third-order valence-electron chi connectivity index (χ3n) is 4.64. The van der Waals surface area contributed by atoms with Crippen molar-refractivity contribution < 1.29 is 33.2 Å². The van der Waals surface area contributed by atoms with Crippen LogP contribution in [0.3, 0.4) is 0 Å². The molecule has 14 heteroatoms. The number of hydrogen-bond donors (Lipinski definition) is 3. The van der Waals surface area contributed by atoms with Gasteiger partial charge in [-0.25, -0.2) is 5.43 Å². The molecule has 0 radical (unpaired) electrons. The summed E-state index contributed by atoms with van der Waals surface area (Å²) in [5.41, 5.74) is 7.29. The van der Waals surface area contributed by atoms with Gasteiger partial charge >= 0.3 is 0 Å². The Morgan fingerprint density at radius 2 is 1.22 bits per heavy atom. The minimum atomic E-state index is 0.158. The number of rotatable bonds is 4. The van der Waals surface area contributed by atoms with Gasteiger partial charge in [-0.1, -0.05) is 0 Å². The van der Waals surface area contributed by atoms with Crippen LogP contribution in [0.1, 0.15) is 13.8 Å². The van der Waals surface area contributed by atoms with Crippen LogP contribution >= 0.6 is 24.4 Å². The number of nitrogens with zero attached hydrogens (tertiary/aromatic N) is 2. The predicted octanol–water partition coefficient (Wildman–Crippen LogP) is 2.08. The van der Waals surface area contributed by atoms with Gasteiger partial charge in [0.1, 0.15) is 13.2 Å². The maximum absolute atomic E-state index is 5.91. The highest BCUT2D eigenvalue weighted by Gasteiger charge is 2.09. The Hall–Kier alpha value is -2.62. The number of nitrogens with one attached hydrogen (secondary N) is 3. The van der Waals surface area contributed by atoms with E-state index in [9.17, 15) is 0 Å². The maximum atomic E-state index is 5.91. The lowest BCUT2D eigenvalue weighted by Gasteiger charge is -2.16. The molecule has 0 saturated heterocycles. The summed E-state index contributed by atoms with van der Waals surface area (Å²) in [4.78, 5) is 0. The molecule has 37 heavy (non-hydrogen) atoms. The van der Waals surface area contributed by atoms with E-state index in [1.165, 1.54) is 7.11 Å². The van der Waals surface area contributed by atoms with Crippen LogP contribution < -0.4 is 25.6 Å². The summed E-state index contributed by atoms with van der Waals surface area (Å²) in [6.07, 6.45) is 0. The molecule has 0 saturated carbocycles. The minimum Gasteiger partial charge on any atom is -0.487 e. The van der Waals surface area contributed by atoms with E-state index in [2.05, 4.69) is 26.4 Å². The molecule has 0 fully saturated rings. The summed E-state index contributed by atoms with van der Waals surface area (Å²) in [6.45, 7) is 8.04. The smallest absolute Gasteiger partial charge is 0.277 e. The molecule has 0 bridgehead atoms. The molecule has 2 rings (SSSR count). The Morgan fingerprint density at radius 3 is 1.76 bits per heavy atom. The summed E-state index contributed by atoms with van der Waals surface area (Å²) in [5, 5.41) is 11.8. The summed E-state index contributed by atoms with van der Waals surface area (Å²) >= 11 is 10.2. The van der Waals surface area contributed by atoms with Gasteiger partial charge < -0.3 is 38.5 Å². The van der Waals surface area contributed by atoms with E-state index < -0.39 is 0 Å². The fraction of sp³-hybridized carbons (Fsp3) is 0.565. The van der Waals surface area contributed by atoms with Crippen LogP contribution in [0, 0.1) is 0 Å². The average molecular weight is 558 g/mol. The Morgan fingerprint density at radius 1 is 0.730 bits per heavy atom. The van der Waals surface area contributed by atoms with Crippen molar-refractivity contribution in [1.82, 2.24) is 10.9 Å². The molecule has 0 amide bonds. The zero-order valence-corrected chi connectivity index (χ0v) is 23.0. The standard InChI is InChI=1S/C23H35N5O7S2/c1-17(18(2)26-28-23(37)29-3)25-27-22(36)24-19-4-5-20-21(16-19)35-15-13-33-11-9-31-7-6-30-8-10-32-12-14-34-20/h4-5,16H,6-15H2,1-3H3,(H,28,37)(H2,24,27,36)/b25-17+,26-18+. The van der Waals surface area contributed by atoms with Gasteiger partial charge in [-0.3, -0.25) is 5.43 Å². The topological polar surface area (TPSA) is 125 Å². The van der Waals surface area contributed by atoms with Crippen LogP contribution in [0.2, 0.25) is 0 Å². The van der Waals surface area contributed by atoms with Crippen molar-refractivity contribution in [1.29, 1.82) is 0 Å². The monoisotopic (exact) mass is 557 g/mol. The molecule has 206 valence electrons. The molecule has 12 nitrogen and oxygen atoms in total. The predicted molar refractivity (Wildman–Crippen MR) is 149 cm³/mol. The first-order valence-corrected chi connectivity index (χ1v) is 12.5. The van der Waals surface area contributed by atoms with Crippen LogP contribution in [0.4, 0.5) is 5.69 Å². The molecule has 3 N–H and O–H groups in total. The Kier molecular flexibility index (Phi) is 15.4. The highest BCUT2D eigenvalue weighted by Crippen LogP contribution is 2.30. The lowest BCUT2D eigenvalue weighted by molar-refractivity contribution is -0.00841. The van der Waals surface area contributed by atoms with Crippen LogP contribution in [0.5, 0.6) is 11.5 Å². The number of methoxy groups -OCH3 is 1. The molecular formula is C23H35N5O7S2. The third-order valence-corrected chi connectivity index (χ3v) is 5.09. The van der Waals surface area contributed by atoms with E-state index in [1.54, 1.807) is 26.0 Å². The second kappa shape index (κ2) is 18.6. The minimum absolute atomic E-state index is 0.158. The van der Waals surface area contributed by atoms with E-state index in [4.69, 9.17) is 57.6 Å². The number of anilines is 1. The number of ether oxygens (including phenoxy) is 7. The van der Waals surface area contributed by atoms with Gasteiger partial charge in [-0.15, -0.1) is 0 Å². The second-order valence-electron chi connectivity index (χ2n) is 7.37. The van der Waals surface area contributed by atoms with Gasteiger partial charge in [0.2, 0.25) is 0 Å². The fourth-order valence-corrected chi connectivity index (χ4v) is 2.84. The lowest BCUT2D eigenvalue weighted by atomic mass is 10.2. The zero-order valence-electron chi connectivity index (χ0n) is 21.4. The van der Waals surface area contributed by atoms with Crippen LogP contribution in [-0.2, 0) is 23.7 Å². The van der Waals surface area contributed by atoms with Gasteiger partial charge in [0, 0.05) is 11.8 Å². The molecule has 1 aromatic rings. The Balaban J connectivity index is 1.95. The zero-order chi connectivity index (χ0) is 26.7. The molecular weight excluding hydrogens is 522 g/mol. The van der Waals surface area contributed by atoms with E-state index in [0.717, 1.165) is 0 Å². The highest BCUT2D eigenvalue weighted by atomic mass is 32.1. The fourth-order valence-electron chi connectivity index (χ4n) is 2.63. The second-order valence-corrected chi connectivity index (χ2v) is 8.15. The van der Waals surface area contributed by atoms with Crippen molar-refractivity contribution in [2.75, 3.05) is 78.5 Å². The Labute approximate surface area is 228 Å². The summed E-state index contributed by atoms with van der Waals surface area (Å²) < 4.78 is 38.6. The van der Waals surface area contributed by atoms with E-state index in [-0.39, 0.29) is 10.3 Å². The van der Waals surface area contributed by atoms with Gasteiger partial charge in [0.25, 0.3) is 5.17 Å². The first kappa shape index (κ1) is 30.6. The van der Waals surface area contributed by atoms with Crippen LogP contribution in [0.15, 0.2) is 28.4 Å². The molecule has 0 atom stereocenters. The number of hydrazone groups is 2. The van der Waals surface area contributed by atoms with Crippen molar-refractivity contribution in [3.05, 3.63) is 18.2 Å². The van der Waals surface area contributed by atoms with Crippen LogP contribution in [0.25, 0.3) is 0 Å². The normalized spacial score (nSPS) is 17.1. The summed E-state index contributed by atoms with van der Waals surface area (Å²) in [7, 11) is 1.46. The van der Waals surface area contributed by atoms with Gasteiger partial charge in [0.15, 0.2) is 16.6 Å². The largest absolute Gasteiger partial charge is 0.487 e. The van der Waals surface area contributed by atoms with Crippen molar-refractivity contribution >= 4 is 51.8 Å². The molecule has 1 aliphatic heterocycles. The molecule has 1 heterocycles. The average Bonchev–Trinajstić information content (AvgIpc) is 2.90. The van der Waals surface area contributed by atoms with E-state index in [1.807, 2.05) is 6.07 Å². The molecule has 1 aliphatic rings. The highest BCUT2D eigenvalue weighted by molar-refractivity contribution is 7.80. The molecule has 0 unspecified atom stereocenters. The Bertz CT molecular complexity index is 917. The van der Waals surface area contributed by atoms with Crippen molar-refractivity contribution in [3.8, 4) is 11.5 Å². The summed E-state index contributed by atoms with van der Waals surface area (Å²) in [5.74, 6) is 1.12. The number of thiocarbonyl (C=S) groups is 2. The van der Waals surface area contributed by atoms with Crippen molar-refractivity contribution in [3.63, 3.8) is 0 Å². The van der Waals surface area contributed by atoms with Crippen molar-refractivity contribution in [2.45, 2.75) is 13.8 Å². The van der Waals surface area contributed by atoms with Crippen molar-refractivity contribution in [2.24, 2.45) is 10.2 Å². The molecule has 0 aliphatic carbocycles. The number of benzene rings is 1. The molecule has 0 spiro atoms. The van der Waals surface area contributed by atoms with Gasteiger partial charge in [-0.05, 0) is 50.4 Å². The number of hydrogen-bond acceptors (Lipinski definition) is 11. The van der Waals surface area contributed by atoms with Gasteiger partial charge in [-0.2, -0.15) is 10.2 Å². The molecule has 1 aromatic carbocycles. The summed E-state index contributed by atoms with van der Waals surface area (Å²) in [6, 6.07) is 5.41. The first-order valence-electron chi connectivity index (χ1n) is 11.7. The van der Waals surface area contributed by atoms with E-state index >= 15 is 0 Å². The molecule has 0 aromatic heterocycles. The van der Waals surface area contributed by atoms with Gasteiger partial charge in [0.05, 0.1) is 71.4 Å².